The zero-order valence-electron chi connectivity index (χ0n) is 12.0. The Morgan fingerprint density at radius 2 is 1.86 bits per heavy atom. The van der Waals surface area contributed by atoms with E-state index in [0.29, 0.717) is 12.2 Å². The highest BCUT2D eigenvalue weighted by molar-refractivity contribution is 6.03. The lowest BCUT2D eigenvalue weighted by Crippen LogP contribution is -2.24. The van der Waals surface area contributed by atoms with Gasteiger partial charge in [-0.25, -0.2) is 4.39 Å². The second-order valence-electron chi connectivity index (χ2n) is 4.65. The molecular weight excluding hydrogens is 269 g/mol. The Bertz CT molecular complexity index is 670. The molecule has 0 amide bonds. The summed E-state index contributed by atoms with van der Waals surface area (Å²) in [5.41, 5.74) is 8.33. The summed E-state index contributed by atoms with van der Waals surface area (Å²) in [5, 5.41) is 11.8. The lowest BCUT2D eigenvalue weighted by Gasteiger charge is -2.27. The first-order valence-corrected chi connectivity index (χ1v) is 6.69. The number of rotatable bonds is 4. The number of para-hydroxylation sites is 1. The van der Waals surface area contributed by atoms with Crippen molar-refractivity contribution in [2.45, 2.75) is 13.8 Å². The summed E-state index contributed by atoms with van der Waals surface area (Å²) in [6.07, 6.45) is 0. The molecule has 0 saturated carbocycles. The third kappa shape index (κ3) is 2.81. The highest BCUT2D eigenvalue weighted by Gasteiger charge is 2.19. The number of nitrogens with two attached hydrogens (primary N) is 1. The number of hydrogen-bond donors (Lipinski definition) is 2. The summed E-state index contributed by atoms with van der Waals surface area (Å²) in [4.78, 5) is 1.94. The summed E-state index contributed by atoms with van der Waals surface area (Å²) in [6.45, 7) is 4.58. The third-order valence-electron chi connectivity index (χ3n) is 3.37. The molecule has 4 nitrogen and oxygen atoms in total. The van der Waals surface area contributed by atoms with Crippen molar-refractivity contribution >= 4 is 17.2 Å². The first-order valence-electron chi connectivity index (χ1n) is 6.69. The molecule has 21 heavy (non-hydrogen) atoms. The van der Waals surface area contributed by atoms with Gasteiger partial charge in [0.25, 0.3) is 0 Å². The molecule has 5 heteroatoms. The third-order valence-corrected chi connectivity index (χ3v) is 3.37. The van der Waals surface area contributed by atoms with E-state index in [4.69, 9.17) is 10.9 Å². The molecule has 0 aliphatic heterocycles. The predicted molar refractivity (Wildman–Crippen MR) is 82.8 cm³/mol. The molecule has 0 aromatic heterocycles. The molecular formula is C16H18FN3O. The number of benzene rings is 2. The van der Waals surface area contributed by atoms with Gasteiger partial charge in [-0.15, -0.1) is 0 Å². The Balaban J connectivity index is 2.64. The van der Waals surface area contributed by atoms with Crippen molar-refractivity contribution < 1.29 is 9.60 Å². The van der Waals surface area contributed by atoms with E-state index in [1.54, 1.807) is 12.1 Å². The molecule has 0 heterocycles. The minimum Gasteiger partial charge on any atom is -0.409 e. The fraction of sp³-hybridized carbons (Fsp3) is 0.188. The molecule has 0 radical (unpaired) electrons. The van der Waals surface area contributed by atoms with Crippen molar-refractivity contribution in [3.63, 3.8) is 0 Å². The maximum atomic E-state index is 14.1. The van der Waals surface area contributed by atoms with Crippen LogP contribution in [0.5, 0.6) is 0 Å². The summed E-state index contributed by atoms with van der Waals surface area (Å²) < 4.78 is 14.1. The van der Waals surface area contributed by atoms with Crippen LogP contribution in [0.15, 0.2) is 47.6 Å². The van der Waals surface area contributed by atoms with Crippen LogP contribution in [-0.2, 0) is 0 Å². The van der Waals surface area contributed by atoms with Crippen LogP contribution >= 0.6 is 0 Å². The minimum atomic E-state index is -0.519. The number of aryl methyl sites for hydroxylation is 1. The lowest BCUT2D eigenvalue weighted by molar-refractivity contribution is 0.318. The van der Waals surface area contributed by atoms with Gasteiger partial charge in [0.15, 0.2) is 5.84 Å². The van der Waals surface area contributed by atoms with E-state index < -0.39 is 5.82 Å². The molecule has 110 valence electrons. The monoisotopic (exact) mass is 287 g/mol. The van der Waals surface area contributed by atoms with Gasteiger partial charge < -0.3 is 15.8 Å². The van der Waals surface area contributed by atoms with Gasteiger partial charge in [-0.1, -0.05) is 29.4 Å². The lowest BCUT2D eigenvalue weighted by atomic mass is 10.1. The fourth-order valence-electron chi connectivity index (χ4n) is 2.38. The van der Waals surface area contributed by atoms with Crippen LogP contribution in [-0.4, -0.2) is 17.6 Å². The Hall–Kier alpha value is -2.56. The molecule has 0 saturated heterocycles. The summed E-state index contributed by atoms with van der Waals surface area (Å²) in [7, 11) is 0. The standard InChI is InChI=1S/C16H18FN3O/c1-3-20(13-9-5-4-7-11(13)2)14-10-6-8-12(17)15(14)16(18)19-21/h4-10,21H,3H2,1-2H3,(H2,18,19). The highest BCUT2D eigenvalue weighted by atomic mass is 19.1. The van der Waals surface area contributed by atoms with Gasteiger partial charge in [0.1, 0.15) is 5.82 Å². The quantitative estimate of drug-likeness (QED) is 0.392. The predicted octanol–water partition coefficient (Wildman–Crippen LogP) is 3.39. The van der Waals surface area contributed by atoms with Crippen LogP contribution in [0.2, 0.25) is 0 Å². The van der Waals surface area contributed by atoms with Crippen molar-refractivity contribution in [3.8, 4) is 0 Å². The van der Waals surface area contributed by atoms with Gasteiger partial charge in [0.05, 0.1) is 11.3 Å². The minimum absolute atomic E-state index is 0.102. The molecule has 2 aromatic rings. The van der Waals surface area contributed by atoms with Crippen molar-refractivity contribution in [1.29, 1.82) is 0 Å². The summed E-state index contributed by atoms with van der Waals surface area (Å²) >= 11 is 0. The molecule has 2 aromatic carbocycles. The fourth-order valence-corrected chi connectivity index (χ4v) is 2.38. The topological polar surface area (TPSA) is 61.8 Å². The van der Waals surface area contributed by atoms with E-state index in [-0.39, 0.29) is 11.4 Å². The molecule has 0 aliphatic carbocycles. The molecule has 0 aliphatic rings. The number of anilines is 2. The van der Waals surface area contributed by atoms with Gasteiger partial charge >= 0.3 is 0 Å². The largest absolute Gasteiger partial charge is 0.409 e. The SMILES string of the molecule is CCN(c1ccccc1C)c1cccc(F)c1C(N)=NO. The second-order valence-corrected chi connectivity index (χ2v) is 4.65. The van der Waals surface area contributed by atoms with E-state index in [9.17, 15) is 4.39 Å². The first-order chi connectivity index (χ1) is 10.1. The average Bonchev–Trinajstić information content (AvgIpc) is 2.49. The smallest absolute Gasteiger partial charge is 0.175 e. The molecule has 0 atom stereocenters. The van der Waals surface area contributed by atoms with Crippen LogP contribution in [0, 0.1) is 12.7 Å². The maximum absolute atomic E-state index is 14.1. The van der Waals surface area contributed by atoms with Crippen LogP contribution in [0.4, 0.5) is 15.8 Å². The highest BCUT2D eigenvalue weighted by Crippen LogP contribution is 2.31. The Kier molecular flexibility index (Phi) is 4.42. The van der Waals surface area contributed by atoms with Crippen LogP contribution in [0.25, 0.3) is 0 Å². The molecule has 0 bridgehead atoms. The van der Waals surface area contributed by atoms with Crippen LogP contribution in [0.3, 0.4) is 0 Å². The Morgan fingerprint density at radius 3 is 2.48 bits per heavy atom. The normalized spacial score (nSPS) is 11.5. The van der Waals surface area contributed by atoms with E-state index in [2.05, 4.69) is 5.16 Å². The summed E-state index contributed by atoms with van der Waals surface area (Å²) in [6, 6.07) is 12.5. The number of amidine groups is 1. The van der Waals surface area contributed by atoms with Gasteiger partial charge in [-0.05, 0) is 37.6 Å². The number of nitrogens with zero attached hydrogens (tertiary/aromatic N) is 2. The number of oxime groups is 1. The molecule has 0 fully saturated rings. The van der Waals surface area contributed by atoms with Crippen molar-refractivity contribution in [1.82, 2.24) is 0 Å². The maximum Gasteiger partial charge on any atom is 0.175 e. The summed E-state index contributed by atoms with van der Waals surface area (Å²) in [5.74, 6) is -0.759. The van der Waals surface area contributed by atoms with Crippen molar-refractivity contribution in [2.24, 2.45) is 10.9 Å². The molecule has 0 unspecified atom stereocenters. The molecule has 0 spiro atoms. The van der Waals surface area contributed by atoms with Gasteiger partial charge in [-0.3, -0.25) is 0 Å². The molecule has 3 N–H and O–H groups in total. The van der Waals surface area contributed by atoms with E-state index in [1.165, 1.54) is 6.07 Å². The van der Waals surface area contributed by atoms with Crippen LogP contribution in [0.1, 0.15) is 18.1 Å². The van der Waals surface area contributed by atoms with Gasteiger partial charge in [0, 0.05) is 12.2 Å². The number of hydrogen-bond acceptors (Lipinski definition) is 3. The van der Waals surface area contributed by atoms with E-state index in [1.807, 2.05) is 43.0 Å². The average molecular weight is 287 g/mol. The zero-order chi connectivity index (χ0) is 15.4. The van der Waals surface area contributed by atoms with Crippen molar-refractivity contribution in [3.05, 3.63) is 59.4 Å². The zero-order valence-corrected chi connectivity index (χ0v) is 12.0. The van der Waals surface area contributed by atoms with Crippen molar-refractivity contribution in [2.75, 3.05) is 11.4 Å². The first kappa shape index (κ1) is 14.8. The van der Waals surface area contributed by atoms with E-state index >= 15 is 0 Å². The Labute approximate surface area is 123 Å². The van der Waals surface area contributed by atoms with Crippen LogP contribution < -0.4 is 10.6 Å². The Morgan fingerprint density at radius 1 is 1.19 bits per heavy atom. The number of halogens is 1. The second kappa shape index (κ2) is 6.26. The molecule has 2 rings (SSSR count). The van der Waals surface area contributed by atoms with Gasteiger partial charge in [0.2, 0.25) is 0 Å². The van der Waals surface area contributed by atoms with Gasteiger partial charge in [-0.2, -0.15) is 0 Å². The van der Waals surface area contributed by atoms with E-state index in [0.717, 1.165) is 11.3 Å².